The molecule has 3 atom stereocenters. The minimum atomic E-state index is -1.13. The van der Waals surface area contributed by atoms with Crippen LogP contribution in [0.25, 0.3) is 0 Å². The molecule has 0 spiro atoms. The van der Waals surface area contributed by atoms with Gasteiger partial charge in [0.2, 0.25) is 0 Å². The zero-order valence-electron chi connectivity index (χ0n) is 11.8. The van der Waals surface area contributed by atoms with Crippen LogP contribution in [-0.4, -0.2) is 28.0 Å². The third-order valence-electron chi connectivity index (χ3n) is 4.27. The van der Waals surface area contributed by atoms with Crippen LogP contribution in [0.5, 0.6) is 0 Å². The Morgan fingerprint density at radius 2 is 2.05 bits per heavy atom. The van der Waals surface area contributed by atoms with E-state index >= 15 is 0 Å². The van der Waals surface area contributed by atoms with E-state index in [9.17, 15) is 9.59 Å². The minimum Gasteiger partial charge on any atom is -0.477 e. The lowest BCUT2D eigenvalue weighted by molar-refractivity contribution is 0.0690. The van der Waals surface area contributed by atoms with E-state index in [1.54, 1.807) is 6.07 Å². The summed E-state index contributed by atoms with van der Waals surface area (Å²) in [5, 5.41) is 11.9. The highest BCUT2D eigenvalue weighted by Crippen LogP contribution is 2.33. The average Bonchev–Trinajstić information content (AvgIpc) is 2.79. The van der Waals surface area contributed by atoms with Crippen LogP contribution >= 0.6 is 0 Å². The molecule has 20 heavy (non-hydrogen) atoms. The molecule has 2 rings (SSSR count). The second-order valence-corrected chi connectivity index (χ2v) is 5.40. The lowest BCUT2D eigenvalue weighted by Crippen LogP contribution is -2.38. The molecule has 0 aliphatic heterocycles. The van der Waals surface area contributed by atoms with Crippen LogP contribution in [0.15, 0.2) is 18.2 Å². The predicted octanol–water partition coefficient (Wildman–Crippen LogP) is 2.33. The fraction of sp³-hybridized carbons (Fsp3) is 0.533. The van der Waals surface area contributed by atoms with E-state index < -0.39 is 5.97 Å². The third-order valence-corrected chi connectivity index (χ3v) is 4.27. The molecule has 1 aliphatic carbocycles. The first-order valence-corrected chi connectivity index (χ1v) is 7.04. The quantitative estimate of drug-likeness (QED) is 0.884. The molecule has 0 saturated heterocycles. The van der Waals surface area contributed by atoms with Crippen LogP contribution in [0.2, 0.25) is 0 Å². The fourth-order valence-corrected chi connectivity index (χ4v) is 2.95. The Morgan fingerprint density at radius 3 is 2.65 bits per heavy atom. The molecule has 5 heteroatoms. The summed E-state index contributed by atoms with van der Waals surface area (Å²) in [5.41, 5.74) is 0.0561. The maximum absolute atomic E-state index is 12.1. The highest BCUT2D eigenvalue weighted by atomic mass is 16.4. The molecule has 1 fully saturated rings. The molecule has 5 nitrogen and oxygen atoms in total. The molecular formula is C15H20N2O3. The van der Waals surface area contributed by atoms with E-state index in [0.29, 0.717) is 11.8 Å². The van der Waals surface area contributed by atoms with E-state index in [-0.39, 0.29) is 23.3 Å². The normalized spacial score (nSPS) is 25.4. The molecule has 2 N–H and O–H groups in total. The number of rotatable bonds is 4. The van der Waals surface area contributed by atoms with Crippen molar-refractivity contribution in [2.45, 2.75) is 39.2 Å². The van der Waals surface area contributed by atoms with Crippen LogP contribution < -0.4 is 5.32 Å². The van der Waals surface area contributed by atoms with Crippen molar-refractivity contribution >= 4 is 11.9 Å². The van der Waals surface area contributed by atoms with E-state index in [1.807, 2.05) is 0 Å². The first-order chi connectivity index (χ1) is 9.52. The molecule has 1 aromatic rings. The summed E-state index contributed by atoms with van der Waals surface area (Å²) in [7, 11) is 0. The molecular weight excluding hydrogens is 256 g/mol. The number of nitrogens with one attached hydrogen (secondary N) is 1. The lowest BCUT2D eigenvalue weighted by Gasteiger charge is -2.20. The van der Waals surface area contributed by atoms with Gasteiger partial charge in [0.05, 0.1) is 0 Å². The summed E-state index contributed by atoms with van der Waals surface area (Å²) in [6.07, 6.45) is 3.23. The summed E-state index contributed by atoms with van der Waals surface area (Å²) in [5.74, 6) is -0.313. The van der Waals surface area contributed by atoms with Gasteiger partial charge in [0.1, 0.15) is 11.4 Å². The van der Waals surface area contributed by atoms with Gasteiger partial charge in [-0.2, -0.15) is 0 Å². The number of hydrogen-bond acceptors (Lipinski definition) is 3. The first kappa shape index (κ1) is 14.5. The summed E-state index contributed by atoms with van der Waals surface area (Å²) in [6, 6.07) is 4.62. The Kier molecular flexibility index (Phi) is 4.37. The molecule has 0 radical (unpaired) electrons. The van der Waals surface area contributed by atoms with Crippen molar-refractivity contribution in [3.63, 3.8) is 0 Å². The number of carbonyl (C=O) groups is 2. The predicted molar refractivity (Wildman–Crippen MR) is 74.6 cm³/mol. The van der Waals surface area contributed by atoms with Crippen molar-refractivity contribution in [1.82, 2.24) is 10.3 Å². The zero-order valence-corrected chi connectivity index (χ0v) is 11.8. The van der Waals surface area contributed by atoms with Crippen LogP contribution in [0.1, 0.15) is 54.1 Å². The molecule has 1 aromatic heterocycles. The Hall–Kier alpha value is -1.91. The van der Waals surface area contributed by atoms with Gasteiger partial charge >= 0.3 is 5.97 Å². The number of aromatic carboxylic acids is 1. The van der Waals surface area contributed by atoms with E-state index in [4.69, 9.17) is 5.11 Å². The largest absolute Gasteiger partial charge is 0.477 e. The van der Waals surface area contributed by atoms with Gasteiger partial charge in [0, 0.05) is 6.04 Å². The zero-order chi connectivity index (χ0) is 14.7. The van der Waals surface area contributed by atoms with Crippen LogP contribution in [0.3, 0.4) is 0 Å². The summed E-state index contributed by atoms with van der Waals surface area (Å²) < 4.78 is 0. The fourth-order valence-electron chi connectivity index (χ4n) is 2.95. The van der Waals surface area contributed by atoms with Crippen molar-refractivity contribution in [3.05, 3.63) is 29.6 Å². The molecule has 0 aromatic carbocycles. The lowest BCUT2D eigenvalue weighted by atomic mass is 9.93. The van der Waals surface area contributed by atoms with Gasteiger partial charge in [-0.25, -0.2) is 9.78 Å². The topological polar surface area (TPSA) is 79.3 Å². The van der Waals surface area contributed by atoms with Crippen molar-refractivity contribution in [2.75, 3.05) is 0 Å². The van der Waals surface area contributed by atoms with Gasteiger partial charge < -0.3 is 10.4 Å². The monoisotopic (exact) mass is 276 g/mol. The average molecular weight is 276 g/mol. The highest BCUT2D eigenvalue weighted by Gasteiger charge is 2.32. The standard InChI is InChI=1S/C15H20N2O3/c1-3-10-7-8-11(9(10)2)17-14(18)12-5-4-6-13(16-12)15(19)20/h4-6,9-11H,3,7-8H2,1-2H3,(H,17,18)(H,19,20). The van der Waals surface area contributed by atoms with Crippen LogP contribution in [0, 0.1) is 11.8 Å². The van der Waals surface area contributed by atoms with Crippen molar-refractivity contribution in [3.8, 4) is 0 Å². The molecule has 0 bridgehead atoms. The second-order valence-electron chi connectivity index (χ2n) is 5.40. The Labute approximate surface area is 118 Å². The number of pyridine rings is 1. The number of hydrogen-bond donors (Lipinski definition) is 2. The van der Waals surface area contributed by atoms with Gasteiger partial charge in [-0.3, -0.25) is 4.79 Å². The van der Waals surface area contributed by atoms with Gasteiger partial charge in [0.25, 0.3) is 5.91 Å². The maximum atomic E-state index is 12.1. The molecule has 1 aliphatic rings. The number of carboxylic acid groups (broad SMARTS) is 1. The SMILES string of the molecule is CCC1CCC(NC(=O)c2cccc(C(=O)O)n2)C1C. The molecule has 1 heterocycles. The Bertz CT molecular complexity index is 516. The second kappa shape index (κ2) is 6.03. The van der Waals surface area contributed by atoms with Crippen LogP contribution in [-0.2, 0) is 0 Å². The van der Waals surface area contributed by atoms with Crippen molar-refractivity contribution in [1.29, 1.82) is 0 Å². The van der Waals surface area contributed by atoms with Gasteiger partial charge in [-0.1, -0.05) is 26.3 Å². The number of aromatic nitrogens is 1. The third kappa shape index (κ3) is 2.98. The number of nitrogens with zero attached hydrogens (tertiary/aromatic N) is 1. The summed E-state index contributed by atoms with van der Waals surface area (Å²) >= 11 is 0. The number of carbonyl (C=O) groups excluding carboxylic acids is 1. The van der Waals surface area contributed by atoms with Crippen molar-refractivity contribution in [2.24, 2.45) is 11.8 Å². The minimum absolute atomic E-state index is 0.108. The number of amides is 1. The first-order valence-electron chi connectivity index (χ1n) is 7.04. The summed E-state index contributed by atoms with van der Waals surface area (Å²) in [6.45, 7) is 4.33. The molecule has 1 amide bonds. The molecule has 3 unspecified atom stereocenters. The smallest absolute Gasteiger partial charge is 0.354 e. The summed E-state index contributed by atoms with van der Waals surface area (Å²) in [4.78, 5) is 26.9. The Morgan fingerprint density at radius 1 is 1.35 bits per heavy atom. The van der Waals surface area contributed by atoms with Gasteiger partial charge in [0.15, 0.2) is 0 Å². The van der Waals surface area contributed by atoms with Gasteiger partial charge in [-0.05, 0) is 36.8 Å². The van der Waals surface area contributed by atoms with E-state index in [1.165, 1.54) is 12.1 Å². The van der Waals surface area contributed by atoms with Crippen molar-refractivity contribution < 1.29 is 14.7 Å². The van der Waals surface area contributed by atoms with Crippen LogP contribution in [0.4, 0.5) is 0 Å². The maximum Gasteiger partial charge on any atom is 0.354 e. The van der Waals surface area contributed by atoms with E-state index in [0.717, 1.165) is 19.3 Å². The number of carboxylic acids is 1. The highest BCUT2D eigenvalue weighted by molar-refractivity contribution is 5.94. The molecule has 108 valence electrons. The molecule has 1 saturated carbocycles. The van der Waals surface area contributed by atoms with E-state index in [2.05, 4.69) is 24.1 Å². The van der Waals surface area contributed by atoms with Gasteiger partial charge in [-0.15, -0.1) is 0 Å². The Balaban J connectivity index is 2.05.